The predicted molar refractivity (Wildman–Crippen MR) is 175 cm³/mol. The predicted octanol–water partition coefficient (Wildman–Crippen LogP) is 4.56. The van der Waals surface area contributed by atoms with E-state index in [2.05, 4.69) is 14.5 Å². The van der Waals surface area contributed by atoms with Gasteiger partial charge in [0.25, 0.3) is 5.91 Å². The highest BCUT2D eigenvalue weighted by molar-refractivity contribution is 7.90. The van der Waals surface area contributed by atoms with E-state index < -0.39 is 27.3 Å². The highest BCUT2D eigenvalue weighted by atomic mass is 35.5. The van der Waals surface area contributed by atoms with Crippen LogP contribution < -0.4 is 14.4 Å². The van der Waals surface area contributed by atoms with Gasteiger partial charge in [-0.1, -0.05) is 29.8 Å². The second-order valence-corrected chi connectivity index (χ2v) is 15.2. The first kappa shape index (κ1) is 32.3. The molecular weight excluding hydrogens is 614 g/mol. The molecule has 2 bridgehead atoms. The number of carbonyl (C=O) groups is 1. The number of aryl methyl sites for hydroxylation is 1. The van der Waals surface area contributed by atoms with E-state index in [0.29, 0.717) is 69.0 Å². The molecule has 0 radical (unpaired) electrons. The van der Waals surface area contributed by atoms with Gasteiger partial charge in [0.15, 0.2) is 0 Å². The van der Waals surface area contributed by atoms with Gasteiger partial charge in [-0.05, 0) is 98.2 Å². The van der Waals surface area contributed by atoms with Crippen LogP contribution in [0.15, 0.2) is 48.6 Å². The van der Waals surface area contributed by atoms with Crippen LogP contribution in [0.4, 0.5) is 5.69 Å². The van der Waals surface area contributed by atoms with E-state index in [1.807, 2.05) is 30.4 Å². The second-order valence-electron chi connectivity index (χ2n) is 12.8. The number of aliphatic hydroxyl groups is 1. The quantitative estimate of drug-likeness (QED) is 0.453. The largest absolute Gasteiger partial charge is 0.487 e. The molecule has 4 aliphatic rings. The number of allylic oxidation sites excluding steroid dienone is 1. The minimum absolute atomic E-state index is 0.127. The zero-order valence-corrected chi connectivity index (χ0v) is 27.3. The van der Waals surface area contributed by atoms with Crippen LogP contribution in [0, 0.1) is 11.8 Å². The number of nitrogens with one attached hydrogen (secondary N) is 1. The average molecular weight is 658 g/mol. The number of fused-ring (bicyclic) bond motifs is 3. The van der Waals surface area contributed by atoms with Crippen LogP contribution in [0.2, 0.25) is 5.02 Å². The van der Waals surface area contributed by atoms with Crippen LogP contribution in [-0.4, -0.2) is 81.6 Å². The van der Waals surface area contributed by atoms with Crippen molar-refractivity contribution in [3.8, 4) is 5.75 Å². The molecular formula is C34H44ClN3O6S. The standard InChI is InChI=1S/C34H44ClN3O6S/c35-28-11-8-27-23-44-33-13-10-25-20-31(33)38(14-4-3-5-24(27)19-28)21-26-9-12-30(26)32(39)7-2-1-6-29(45(41,42)36-34(25)40)22-37-15-17-43-18-16-37/h2,7-8,10-11,13,19-20,26,29-30,32,39H,1,3-6,9,12,14-18,21-23H2,(H,36,40)/b7-2+/t26-,29+,30+,32-/m0/s1. The molecule has 244 valence electrons. The van der Waals surface area contributed by atoms with E-state index in [4.69, 9.17) is 21.1 Å². The normalized spacial score (nSPS) is 28.7. The smallest absolute Gasteiger partial charge is 0.264 e. The number of carbonyl (C=O) groups excluding carboxylic acids is 1. The topological polar surface area (TPSA) is 108 Å². The van der Waals surface area contributed by atoms with Gasteiger partial charge in [-0.3, -0.25) is 9.69 Å². The first-order valence-corrected chi connectivity index (χ1v) is 18.2. The number of nitrogens with zero attached hydrogens (tertiary/aromatic N) is 2. The number of ether oxygens (including phenoxy) is 2. The van der Waals surface area contributed by atoms with Crippen molar-refractivity contribution in [2.24, 2.45) is 11.8 Å². The molecule has 6 rings (SSSR count). The Morgan fingerprint density at radius 3 is 2.64 bits per heavy atom. The summed E-state index contributed by atoms with van der Waals surface area (Å²) in [5.74, 6) is 0.416. The lowest BCUT2D eigenvalue weighted by molar-refractivity contribution is 0.0375. The van der Waals surface area contributed by atoms with Crippen molar-refractivity contribution < 1.29 is 27.8 Å². The zero-order chi connectivity index (χ0) is 31.4. The average Bonchev–Trinajstić information content (AvgIpc) is 3.03. The van der Waals surface area contributed by atoms with Crippen molar-refractivity contribution in [1.82, 2.24) is 9.62 Å². The molecule has 2 fully saturated rings. The first-order chi connectivity index (χ1) is 21.8. The van der Waals surface area contributed by atoms with Gasteiger partial charge in [0.1, 0.15) is 12.4 Å². The van der Waals surface area contributed by atoms with Crippen LogP contribution in [0.5, 0.6) is 5.75 Å². The zero-order valence-electron chi connectivity index (χ0n) is 25.7. The molecule has 9 nitrogen and oxygen atoms in total. The van der Waals surface area contributed by atoms with Crippen molar-refractivity contribution in [3.05, 3.63) is 70.3 Å². The fourth-order valence-corrected chi connectivity index (χ4v) is 8.57. The van der Waals surface area contributed by atoms with Gasteiger partial charge in [-0.2, -0.15) is 0 Å². The van der Waals surface area contributed by atoms with Crippen molar-refractivity contribution in [2.45, 2.75) is 62.9 Å². The Morgan fingerprint density at radius 1 is 1.00 bits per heavy atom. The van der Waals surface area contributed by atoms with Gasteiger partial charge in [0.2, 0.25) is 10.0 Å². The molecule has 2 aromatic carbocycles. The van der Waals surface area contributed by atoms with Gasteiger partial charge in [-0.25, -0.2) is 13.1 Å². The molecule has 0 aromatic heterocycles. The molecule has 3 aliphatic heterocycles. The molecule has 0 unspecified atom stereocenters. The van der Waals surface area contributed by atoms with Crippen LogP contribution >= 0.6 is 11.6 Å². The highest BCUT2D eigenvalue weighted by Gasteiger charge is 2.37. The third-order valence-electron chi connectivity index (χ3n) is 9.84. The summed E-state index contributed by atoms with van der Waals surface area (Å²) in [5.41, 5.74) is 3.28. The van der Waals surface area contributed by atoms with Gasteiger partial charge < -0.3 is 19.5 Å². The van der Waals surface area contributed by atoms with Gasteiger partial charge in [0, 0.05) is 43.3 Å². The molecule has 1 aliphatic carbocycles. The maximum Gasteiger partial charge on any atom is 0.264 e. The maximum atomic E-state index is 13.7. The summed E-state index contributed by atoms with van der Waals surface area (Å²) in [6.07, 6.45) is 8.72. The van der Waals surface area contributed by atoms with E-state index in [9.17, 15) is 18.3 Å². The first-order valence-electron chi connectivity index (χ1n) is 16.3. The number of amides is 1. The molecule has 2 N–H and O–H groups in total. The number of anilines is 1. The van der Waals surface area contributed by atoms with Crippen molar-refractivity contribution in [1.29, 1.82) is 0 Å². The number of benzene rings is 2. The SMILES string of the molecule is O=C1NS(=O)(=O)[C@@H](CN2CCOCC2)CC/C=C/[C@H](O)[C@@H]2CC[C@H]2CN2CCCCc3cc(Cl)ccc3COc3ccc1cc32. The lowest BCUT2D eigenvalue weighted by atomic mass is 9.70. The maximum absolute atomic E-state index is 13.7. The molecule has 1 saturated heterocycles. The van der Waals surface area contributed by atoms with Crippen molar-refractivity contribution >= 4 is 33.2 Å². The van der Waals surface area contributed by atoms with Crippen LogP contribution in [0.3, 0.4) is 0 Å². The summed E-state index contributed by atoms with van der Waals surface area (Å²) in [7, 11) is -4.00. The van der Waals surface area contributed by atoms with E-state index in [1.165, 1.54) is 5.56 Å². The van der Waals surface area contributed by atoms with Crippen LogP contribution in [0.25, 0.3) is 0 Å². The second kappa shape index (κ2) is 14.4. The monoisotopic (exact) mass is 657 g/mol. The summed E-state index contributed by atoms with van der Waals surface area (Å²) in [4.78, 5) is 17.9. The fourth-order valence-electron chi connectivity index (χ4n) is 6.98. The number of rotatable bonds is 2. The van der Waals surface area contributed by atoms with E-state index >= 15 is 0 Å². The molecule has 2 aromatic rings. The number of sulfonamides is 1. The summed E-state index contributed by atoms with van der Waals surface area (Å²) in [5, 5.41) is 11.1. The Balaban J connectivity index is 1.34. The van der Waals surface area contributed by atoms with Crippen LogP contribution in [0.1, 0.15) is 60.0 Å². The van der Waals surface area contributed by atoms with Crippen molar-refractivity contribution in [3.63, 3.8) is 0 Å². The molecule has 0 spiro atoms. The number of hydrogen-bond donors (Lipinski definition) is 2. The highest BCUT2D eigenvalue weighted by Crippen LogP contribution is 2.41. The molecule has 4 atom stereocenters. The molecule has 45 heavy (non-hydrogen) atoms. The molecule has 11 heteroatoms. The third kappa shape index (κ3) is 7.85. The minimum Gasteiger partial charge on any atom is -0.487 e. The minimum atomic E-state index is -4.00. The van der Waals surface area contributed by atoms with E-state index in [-0.39, 0.29) is 11.5 Å². The Kier molecular flexibility index (Phi) is 10.4. The molecule has 1 saturated carbocycles. The van der Waals surface area contributed by atoms with E-state index in [1.54, 1.807) is 18.2 Å². The number of hydrogen-bond acceptors (Lipinski definition) is 8. The van der Waals surface area contributed by atoms with E-state index in [0.717, 1.165) is 56.4 Å². The van der Waals surface area contributed by atoms with Gasteiger partial charge in [0.05, 0.1) is 30.3 Å². The van der Waals surface area contributed by atoms with Crippen molar-refractivity contribution in [2.75, 3.05) is 50.8 Å². The summed E-state index contributed by atoms with van der Waals surface area (Å²) >= 11 is 6.32. The summed E-state index contributed by atoms with van der Waals surface area (Å²) in [6.45, 7) is 4.53. The molecule has 1 amide bonds. The third-order valence-corrected chi connectivity index (χ3v) is 11.8. The number of halogens is 1. The van der Waals surface area contributed by atoms with Crippen LogP contribution in [-0.2, 0) is 27.8 Å². The fraction of sp³-hybridized carbons (Fsp3) is 0.559. The molecule has 3 heterocycles. The van der Waals surface area contributed by atoms with Gasteiger partial charge in [-0.15, -0.1) is 0 Å². The number of morpholine rings is 1. The Labute approximate surface area is 271 Å². The Hall–Kier alpha value is -2.63. The summed E-state index contributed by atoms with van der Waals surface area (Å²) < 4.78 is 41.7. The lowest BCUT2D eigenvalue weighted by Gasteiger charge is -2.42. The Bertz CT molecular complexity index is 1490. The van der Waals surface area contributed by atoms with Gasteiger partial charge >= 0.3 is 0 Å². The summed E-state index contributed by atoms with van der Waals surface area (Å²) in [6, 6.07) is 11.1. The Morgan fingerprint density at radius 2 is 1.84 bits per heavy atom. The lowest BCUT2D eigenvalue weighted by Crippen LogP contribution is -2.47. The number of aliphatic hydroxyl groups excluding tert-OH is 1.